The largest absolute Gasteiger partial charge is 0.481 e. The molecule has 16 heavy (non-hydrogen) atoms. The third-order valence-corrected chi connectivity index (χ3v) is 4.75. The molecule has 0 radical (unpaired) electrons. The number of aliphatic carboxylic acids is 1. The van der Waals surface area contributed by atoms with Gasteiger partial charge in [-0.2, -0.15) is 0 Å². The summed E-state index contributed by atoms with van der Waals surface area (Å²) in [5.41, 5.74) is 0.215. The average Bonchev–Trinajstić information content (AvgIpc) is 2.98. The lowest BCUT2D eigenvalue weighted by Gasteiger charge is -2.05. The Kier molecular flexibility index (Phi) is 2.14. The van der Waals surface area contributed by atoms with Crippen LogP contribution in [0.2, 0.25) is 0 Å². The van der Waals surface area contributed by atoms with Gasteiger partial charge in [-0.25, -0.2) is 0 Å². The van der Waals surface area contributed by atoms with E-state index in [1.807, 2.05) is 0 Å². The number of carbonyl (C=O) groups excluding carboxylic acids is 1. The fraction of sp³-hybridized carbons (Fsp3) is 0.833. The SMILES string of the molecule is CC1(C)C(NC(=O)[C@@H]2C[C@@H]2C(=O)O)C1(C)C. The van der Waals surface area contributed by atoms with Gasteiger partial charge in [-0.3, -0.25) is 9.59 Å². The number of carbonyl (C=O) groups is 2. The summed E-state index contributed by atoms with van der Waals surface area (Å²) in [6.07, 6.45) is 0.495. The van der Waals surface area contributed by atoms with Crippen LogP contribution in [0.25, 0.3) is 0 Å². The van der Waals surface area contributed by atoms with Gasteiger partial charge in [0.25, 0.3) is 0 Å². The van der Waals surface area contributed by atoms with Crippen LogP contribution in [0.5, 0.6) is 0 Å². The molecule has 2 saturated carbocycles. The number of carboxylic acid groups (broad SMARTS) is 1. The molecule has 2 atom stereocenters. The third kappa shape index (κ3) is 1.43. The van der Waals surface area contributed by atoms with Crippen LogP contribution in [0.3, 0.4) is 0 Å². The summed E-state index contributed by atoms with van der Waals surface area (Å²) in [5, 5.41) is 11.7. The average molecular weight is 225 g/mol. The van der Waals surface area contributed by atoms with Crippen LogP contribution in [0, 0.1) is 22.7 Å². The van der Waals surface area contributed by atoms with Gasteiger partial charge in [0.2, 0.25) is 5.91 Å². The van der Waals surface area contributed by atoms with Gasteiger partial charge in [0, 0.05) is 6.04 Å². The highest BCUT2D eigenvalue weighted by Crippen LogP contribution is 2.62. The fourth-order valence-corrected chi connectivity index (χ4v) is 2.56. The molecule has 0 aromatic heterocycles. The summed E-state index contributed by atoms with van der Waals surface area (Å²) < 4.78 is 0. The van der Waals surface area contributed by atoms with Crippen molar-refractivity contribution in [2.45, 2.75) is 40.2 Å². The summed E-state index contributed by atoms with van der Waals surface area (Å²) >= 11 is 0. The molecule has 0 aromatic carbocycles. The third-order valence-electron chi connectivity index (χ3n) is 4.75. The Morgan fingerprint density at radius 2 is 1.62 bits per heavy atom. The number of amides is 1. The maximum Gasteiger partial charge on any atom is 0.307 e. The van der Waals surface area contributed by atoms with Crippen molar-refractivity contribution in [2.24, 2.45) is 22.7 Å². The monoisotopic (exact) mass is 225 g/mol. The molecule has 1 amide bonds. The highest BCUT2D eigenvalue weighted by atomic mass is 16.4. The van der Waals surface area contributed by atoms with Crippen LogP contribution in [0.15, 0.2) is 0 Å². The molecule has 2 N–H and O–H groups in total. The van der Waals surface area contributed by atoms with E-state index in [-0.39, 0.29) is 28.7 Å². The van der Waals surface area contributed by atoms with Crippen molar-refractivity contribution >= 4 is 11.9 Å². The van der Waals surface area contributed by atoms with Gasteiger partial charge in [0.15, 0.2) is 0 Å². The zero-order valence-electron chi connectivity index (χ0n) is 10.2. The molecule has 2 aliphatic carbocycles. The molecular formula is C12H19NO3. The maximum atomic E-state index is 11.8. The molecule has 2 rings (SSSR count). The normalized spacial score (nSPS) is 34.2. The zero-order chi connectivity index (χ0) is 12.3. The molecule has 0 heterocycles. The molecule has 0 spiro atoms. The van der Waals surface area contributed by atoms with Crippen LogP contribution in [0.1, 0.15) is 34.1 Å². The van der Waals surface area contributed by atoms with Crippen LogP contribution in [0.4, 0.5) is 0 Å². The van der Waals surface area contributed by atoms with Gasteiger partial charge in [-0.15, -0.1) is 0 Å². The Labute approximate surface area is 95.4 Å². The predicted octanol–water partition coefficient (Wildman–Crippen LogP) is 1.26. The van der Waals surface area contributed by atoms with E-state index in [2.05, 4.69) is 33.0 Å². The van der Waals surface area contributed by atoms with Crippen molar-refractivity contribution in [1.82, 2.24) is 5.32 Å². The number of nitrogens with one attached hydrogen (secondary N) is 1. The van der Waals surface area contributed by atoms with Crippen LogP contribution >= 0.6 is 0 Å². The first-order chi connectivity index (χ1) is 7.19. The molecule has 0 bridgehead atoms. The second-order valence-electron chi connectivity index (χ2n) is 6.17. The van der Waals surface area contributed by atoms with Crippen molar-refractivity contribution in [2.75, 3.05) is 0 Å². The van der Waals surface area contributed by atoms with E-state index in [4.69, 9.17) is 5.11 Å². The van der Waals surface area contributed by atoms with Gasteiger partial charge in [-0.1, -0.05) is 27.7 Å². The first kappa shape index (κ1) is 11.4. The fourth-order valence-electron chi connectivity index (χ4n) is 2.56. The van der Waals surface area contributed by atoms with E-state index in [0.29, 0.717) is 6.42 Å². The van der Waals surface area contributed by atoms with Gasteiger partial charge < -0.3 is 10.4 Å². The van der Waals surface area contributed by atoms with Gasteiger partial charge in [-0.05, 0) is 17.3 Å². The van der Waals surface area contributed by atoms with Crippen molar-refractivity contribution in [1.29, 1.82) is 0 Å². The van der Waals surface area contributed by atoms with E-state index < -0.39 is 11.9 Å². The summed E-state index contributed by atoms with van der Waals surface area (Å²) in [6.45, 7) is 8.50. The number of rotatable bonds is 3. The molecule has 0 aromatic rings. The van der Waals surface area contributed by atoms with E-state index in [1.54, 1.807) is 0 Å². The lowest BCUT2D eigenvalue weighted by atomic mass is 10.0. The van der Waals surface area contributed by atoms with E-state index in [0.717, 1.165) is 0 Å². The Morgan fingerprint density at radius 3 is 1.94 bits per heavy atom. The summed E-state index contributed by atoms with van der Waals surface area (Å²) in [4.78, 5) is 22.4. The van der Waals surface area contributed by atoms with Crippen molar-refractivity contribution < 1.29 is 14.7 Å². The lowest BCUT2D eigenvalue weighted by Crippen LogP contribution is -2.32. The molecule has 0 aliphatic heterocycles. The molecule has 2 aliphatic rings. The van der Waals surface area contributed by atoms with E-state index >= 15 is 0 Å². The van der Waals surface area contributed by atoms with E-state index in [1.165, 1.54) is 0 Å². The number of hydrogen-bond donors (Lipinski definition) is 2. The minimum absolute atomic E-state index is 0.0870. The maximum absolute atomic E-state index is 11.8. The summed E-state index contributed by atoms with van der Waals surface area (Å²) in [7, 11) is 0. The first-order valence-corrected chi connectivity index (χ1v) is 5.73. The molecule has 90 valence electrons. The van der Waals surface area contributed by atoms with Crippen LogP contribution in [-0.4, -0.2) is 23.0 Å². The zero-order valence-corrected chi connectivity index (χ0v) is 10.2. The van der Waals surface area contributed by atoms with Crippen molar-refractivity contribution in [3.05, 3.63) is 0 Å². The highest BCUT2D eigenvalue weighted by molar-refractivity contribution is 5.89. The van der Waals surface area contributed by atoms with Gasteiger partial charge >= 0.3 is 5.97 Å². The quantitative estimate of drug-likeness (QED) is 0.759. The Hall–Kier alpha value is -1.06. The van der Waals surface area contributed by atoms with Crippen molar-refractivity contribution in [3.63, 3.8) is 0 Å². The highest BCUT2D eigenvalue weighted by Gasteiger charge is 2.66. The predicted molar refractivity (Wildman–Crippen MR) is 58.7 cm³/mol. The second-order valence-corrected chi connectivity index (χ2v) is 6.17. The van der Waals surface area contributed by atoms with Crippen LogP contribution < -0.4 is 5.32 Å². The van der Waals surface area contributed by atoms with E-state index in [9.17, 15) is 9.59 Å². The summed E-state index contributed by atoms with van der Waals surface area (Å²) in [6, 6.07) is 0.169. The van der Waals surface area contributed by atoms with Crippen LogP contribution in [-0.2, 0) is 9.59 Å². The molecule has 4 heteroatoms. The minimum Gasteiger partial charge on any atom is -0.481 e. The van der Waals surface area contributed by atoms with Gasteiger partial charge in [0.05, 0.1) is 11.8 Å². The molecule has 0 unspecified atom stereocenters. The van der Waals surface area contributed by atoms with Crippen molar-refractivity contribution in [3.8, 4) is 0 Å². The number of carboxylic acids is 1. The second kappa shape index (κ2) is 2.99. The standard InChI is InChI=1S/C12H19NO3/c1-11(2)10(12(11,3)4)13-8(14)6-5-7(6)9(15)16/h6-7,10H,5H2,1-4H3,(H,13,14)(H,15,16)/t6-,7+/m1/s1. The number of hydrogen-bond acceptors (Lipinski definition) is 2. The Morgan fingerprint density at radius 1 is 1.12 bits per heavy atom. The Bertz CT molecular complexity index is 345. The van der Waals surface area contributed by atoms with Gasteiger partial charge in [0.1, 0.15) is 0 Å². The molecular weight excluding hydrogens is 206 g/mol. The Balaban J connectivity index is 1.90. The molecule has 4 nitrogen and oxygen atoms in total. The minimum atomic E-state index is -0.852. The summed E-state index contributed by atoms with van der Waals surface area (Å²) in [5.74, 6) is -1.69. The molecule has 2 fully saturated rings. The smallest absolute Gasteiger partial charge is 0.307 e. The molecule has 0 saturated heterocycles. The lowest BCUT2D eigenvalue weighted by molar-refractivity contribution is -0.140. The first-order valence-electron chi connectivity index (χ1n) is 5.73. The topological polar surface area (TPSA) is 66.4 Å².